The monoisotopic (exact) mass is 388 g/mol. The zero-order valence-corrected chi connectivity index (χ0v) is 16.6. The van der Waals surface area contributed by atoms with Crippen LogP contribution in [0.3, 0.4) is 0 Å². The van der Waals surface area contributed by atoms with E-state index in [9.17, 15) is 18.0 Å². The molecule has 1 aromatic rings. The Morgan fingerprint density at radius 2 is 2.00 bits per heavy atom. The molecule has 1 aliphatic rings. The number of ether oxygens (including phenoxy) is 1. The van der Waals surface area contributed by atoms with Crippen LogP contribution < -0.4 is 11.2 Å². The second kappa shape index (κ2) is 8.49. The number of nitrogens with zero attached hydrogens (tertiary/aromatic N) is 2. The van der Waals surface area contributed by atoms with E-state index in [1.54, 1.807) is 13.1 Å². The molecule has 3 atom stereocenters. The molecule has 9 heteroatoms. The lowest BCUT2D eigenvalue weighted by Crippen LogP contribution is -2.42. The number of hydrogen-bond acceptors (Lipinski definition) is 6. The highest BCUT2D eigenvalue weighted by molar-refractivity contribution is 7.85. The third-order valence-corrected chi connectivity index (χ3v) is 5.29. The van der Waals surface area contributed by atoms with Crippen molar-refractivity contribution in [2.24, 2.45) is 5.92 Å². The zero-order chi connectivity index (χ0) is 19.5. The van der Waals surface area contributed by atoms with Gasteiger partial charge in [0, 0.05) is 18.3 Å². The summed E-state index contributed by atoms with van der Waals surface area (Å²) < 4.78 is 35.2. The summed E-state index contributed by atoms with van der Waals surface area (Å²) in [7, 11) is -3.47. The second-order valence-electron chi connectivity index (χ2n) is 6.94. The van der Waals surface area contributed by atoms with Crippen molar-refractivity contribution >= 4 is 10.1 Å². The number of hydrogen-bond donors (Lipinski definition) is 0. The van der Waals surface area contributed by atoms with Gasteiger partial charge in [-0.05, 0) is 38.5 Å². The minimum Gasteiger partial charge on any atom is -0.354 e. The van der Waals surface area contributed by atoms with Gasteiger partial charge in [0.1, 0.15) is 6.23 Å². The molecule has 0 aliphatic carbocycles. The number of unbranched alkanes of at least 4 members (excludes halogenated alkanes) is 1. The van der Waals surface area contributed by atoms with E-state index < -0.39 is 15.8 Å². The van der Waals surface area contributed by atoms with Crippen molar-refractivity contribution in [1.29, 1.82) is 0 Å². The average molecular weight is 388 g/mol. The van der Waals surface area contributed by atoms with Gasteiger partial charge in [0.2, 0.25) is 0 Å². The summed E-state index contributed by atoms with van der Waals surface area (Å²) in [6.45, 7) is 6.08. The largest absolute Gasteiger partial charge is 0.354 e. The smallest absolute Gasteiger partial charge is 0.333 e. The first-order valence-corrected chi connectivity index (χ1v) is 10.8. The summed E-state index contributed by atoms with van der Waals surface area (Å²) in [5.74, 6) is 0.353. The molecule has 0 saturated carbocycles. The molecule has 8 nitrogen and oxygen atoms in total. The molecule has 0 radical (unpaired) electrons. The summed E-state index contributed by atoms with van der Waals surface area (Å²) in [6, 6.07) is 0. The SMILES string of the molecule is CC[C@H]1O[C@@H](n2cc(C)c(=O)n(CCCCOS(C)(=O)=O)c2=O)C[C@@H]1C. The van der Waals surface area contributed by atoms with Crippen LogP contribution >= 0.6 is 0 Å². The zero-order valence-electron chi connectivity index (χ0n) is 15.8. The third-order valence-electron chi connectivity index (χ3n) is 4.69. The van der Waals surface area contributed by atoms with Crippen LogP contribution in [0.2, 0.25) is 0 Å². The fourth-order valence-electron chi connectivity index (χ4n) is 3.28. The first-order valence-electron chi connectivity index (χ1n) is 8.96. The lowest BCUT2D eigenvalue weighted by atomic mass is 10.0. The highest BCUT2D eigenvalue weighted by Gasteiger charge is 2.33. The van der Waals surface area contributed by atoms with Crippen LogP contribution in [0, 0.1) is 12.8 Å². The highest BCUT2D eigenvalue weighted by Crippen LogP contribution is 2.33. The van der Waals surface area contributed by atoms with Crippen LogP contribution in [-0.2, 0) is 25.6 Å². The van der Waals surface area contributed by atoms with Crippen LogP contribution in [0.1, 0.15) is 51.3 Å². The topological polar surface area (TPSA) is 96.6 Å². The Morgan fingerprint density at radius 3 is 2.58 bits per heavy atom. The van der Waals surface area contributed by atoms with E-state index in [2.05, 4.69) is 18.0 Å². The standard InChI is InChI=1S/C17H28N2O6S/c1-5-14-12(2)10-15(25-14)19-11-13(3)16(20)18(17(19)21)8-6-7-9-24-26(4,22)23/h11-12,14-15H,5-10H2,1-4H3/t12-,14+,15+/m0/s1. The van der Waals surface area contributed by atoms with E-state index in [4.69, 9.17) is 4.74 Å². The molecule has 0 bridgehead atoms. The van der Waals surface area contributed by atoms with E-state index >= 15 is 0 Å². The molecule has 148 valence electrons. The molecule has 1 fully saturated rings. The average Bonchev–Trinajstić information content (AvgIpc) is 2.93. The first-order chi connectivity index (χ1) is 12.1. The Kier molecular flexibility index (Phi) is 6.81. The predicted octanol–water partition coefficient (Wildman–Crippen LogP) is 1.41. The van der Waals surface area contributed by atoms with E-state index in [0.717, 1.165) is 19.1 Å². The van der Waals surface area contributed by atoms with Gasteiger partial charge in [-0.15, -0.1) is 0 Å². The van der Waals surface area contributed by atoms with Crippen molar-refractivity contribution in [2.45, 2.75) is 65.3 Å². The number of aromatic nitrogens is 2. The molecule has 0 unspecified atom stereocenters. The Morgan fingerprint density at radius 1 is 1.31 bits per heavy atom. The Labute approximate surface area is 153 Å². The van der Waals surface area contributed by atoms with Gasteiger partial charge in [-0.3, -0.25) is 18.1 Å². The maximum Gasteiger partial charge on any atom is 0.333 e. The molecule has 1 aliphatic heterocycles. The van der Waals surface area contributed by atoms with Crippen LogP contribution in [0.5, 0.6) is 0 Å². The van der Waals surface area contributed by atoms with Crippen molar-refractivity contribution in [2.75, 3.05) is 12.9 Å². The normalized spacial score (nSPS) is 23.5. The van der Waals surface area contributed by atoms with Gasteiger partial charge < -0.3 is 4.74 Å². The lowest BCUT2D eigenvalue weighted by Gasteiger charge is -2.18. The molecular weight excluding hydrogens is 360 g/mol. The molecule has 0 amide bonds. The highest BCUT2D eigenvalue weighted by atomic mass is 32.2. The van der Waals surface area contributed by atoms with Gasteiger partial charge in [0.25, 0.3) is 15.7 Å². The van der Waals surface area contributed by atoms with E-state index in [-0.39, 0.29) is 31.0 Å². The van der Waals surface area contributed by atoms with Crippen molar-refractivity contribution in [3.63, 3.8) is 0 Å². The Bertz CT molecular complexity index is 842. The molecule has 0 N–H and O–H groups in total. The molecule has 0 aromatic carbocycles. The van der Waals surface area contributed by atoms with E-state index in [1.807, 2.05) is 0 Å². The minimum absolute atomic E-state index is 0.0367. The summed E-state index contributed by atoms with van der Waals surface area (Å²) in [6.07, 6.45) is 4.83. The van der Waals surface area contributed by atoms with E-state index in [1.165, 1.54) is 9.13 Å². The van der Waals surface area contributed by atoms with E-state index in [0.29, 0.717) is 24.3 Å². The van der Waals surface area contributed by atoms with Gasteiger partial charge in [0.05, 0.1) is 19.0 Å². The van der Waals surface area contributed by atoms with Gasteiger partial charge in [-0.25, -0.2) is 4.79 Å². The van der Waals surface area contributed by atoms with Crippen LogP contribution in [-0.4, -0.2) is 36.5 Å². The van der Waals surface area contributed by atoms with Crippen molar-refractivity contribution < 1.29 is 17.3 Å². The quantitative estimate of drug-likeness (QED) is 0.493. The fourth-order valence-corrected chi connectivity index (χ4v) is 3.70. The molecule has 0 spiro atoms. The lowest BCUT2D eigenvalue weighted by molar-refractivity contribution is -0.00847. The number of rotatable bonds is 8. The summed E-state index contributed by atoms with van der Waals surface area (Å²) >= 11 is 0. The van der Waals surface area contributed by atoms with Gasteiger partial charge in [-0.1, -0.05) is 13.8 Å². The maximum atomic E-state index is 12.8. The minimum atomic E-state index is -3.47. The van der Waals surface area contributed by atoms with Gasteiger partial charge in [-0.2, -0.15) is 8.42 Å². The van der Waals surface area contributed by atoms with Crippen molar-refractivity contribution in [3.05, 3.63) is 32.6 Å². The van der Waals surface area contributed by atoms with Crippen molar-refractivity contribution in [1.82, 2.24) is 9.13 Å². The van der Waals surface area contributed by atoms with Crippen LogP contribution in [0.15, 0.2) is 15.8 Å². The summed E-state index contributed by atoms with van der Waals surface area (Å²) in [5.41, 5.74) is -0.236. The Balaban J connectivity index is 2.14. The van der Waals surface area contributed by atoms with Gasteiger partial charge >= 0.3 is 5.69 Å². The summed E-state index contributed by atoms with van der Waals surface area (Å²) in [4.78, 5) is 25.1. The second-order valence-corrected chi connectivity index (χ2v) is 8.59. The third kappa shape index (κ3) is 5.05. The maximum absolute atomic E-state index is 12.8. The molecule has 26 heavy (non-hydrogen) atoms. The first kappa shape index (κ1) is 20.9. The van der Waals surface area contributed by atoms with Crippen LogP contribution in [0.25, 0.3) is 0 Å². The summed E-state index contributed by atoms with van der Waals surface area (Å²) in [5, 5.41) is 0. The van der Waals surface area contributed by atoms with Crippen molar-refractivity contribution in [3.8, 4) is 0 Å². The van der Waals surface area contributed by atoms with Crippen LogP contribution in [0.4, 0.5) is 0 Å². The molecular formula is C17H28N2O6S. The molecule has 2 rings (SSSR count). The molecule has 1 aromatic heterocycles. The molecule has 2 heterocycles. The fraction of sp³-hybridized carbons (Fsp3) is 0.765. The van der Waals surface area contributed by atoms with Gasteiger partial charge in [0.15, 0.2) is 0 Å². The predicted molar refractivity (Wildman–Crippen MR) is 97.7 cm³/mol. The number of aryl methyl sites for hydroxylation is 1. The molecule has 1 saturated heterocycles. The Hall–Kier alpha value is -1.45.